The van der Waals surface area contributed by atoms with Gasteiger partial charge in [-0.25, -0.2) is 9.13 Å². The second-order valence-electron chi connectivity index (χ2n) is 5.03. The first kappa shape index (κ1) is 21.2. The minimum absolute atomic E-state index is 0.0729. The third-order valence-corrected chi connectivity index (χ3v) is 2.68. The Morgan fingerprint density at radius 3 is 1.91 bits per heavy atom. The first-order chi connectivity index (χ1) is 9.81. The number of aliphatic hydroxyl groups excluding tert-OH is 1. The maximum absolute atomic E-state index is 10.7. The van der Waals surface area contributed by atoms with Crippen molar-refractivity contribution in [2.45, 2.75) is 58.7 Å². The third-order valence-electron chi connectivity index (χ3n) is 2.68. The molecule has 3 nitrogen and oxygen atoms in total. The summed E-state index contributed by atoms with van der Waals surface area (Å²) < 4.78 is 63.1. The summed E-state index contributed by atoms with van der Waals surface area (Å²) in [7, 11) is -10.7. The van der Waals surface area contributed by atoms with Crippen LogP contribution in [-0.4, -0.2) is 9.67 Å². The van der Waals surface area contributed by atoms with Gasteiger partial charge in [0.15, 0.2) is 6.73 Å². The molecular formula is C12H23F6N2OP. The van der Waals surface area contributed by atoms with Gasteiger partial charge in [0.2, 0.25) is 6.33 Å². The Morgan fingerprint density at radius 1 is 0.955 bits per heavy atom. The van der Waals surface area contributed by atoms with E-state index in [2.05, 4.69) is 11.5 Å². The van der Waals surface area contributed by atoms with E-state index in [1.807, 2.05) is 18.7 Å². The molecule has 0 atom stereocenters. The molecule has 1 aromatic heterocycles. The number of hydrogen-bond acceptors (Lipinski definition) is 1. The summed E-state index contributed by atoms with van der Waals surface area (Å²) in [6, 6.07) is 0. The number of imidazole rings is 1. The molecular weight excluding hydrogens is 333 g/mol. The van der Waals surface area contributed by atoms with Gasteiger partial charge in [-0.05, 0) is 12.8 Å². The van der Waals surface area contributed by atoms with Gasteiger partial charge in [-0.3, -0.25) is 0 Å². The minimum atomic E-state index is -10.7. The van der Waals surface area contributed by atoms with Crippen molar-refractivity contribution in [3.8, 4) is 0 Å². The van der Waals surface area contributed by atoms with Gasteiger partial charge in [0.25, 0.3) is 0 Å². The van der Waals surface area contributed by atoms with Gasteiger partial charge in [0.1, 0.15) is 12.4 Å². The SMILES string of the molecule is CCCCCCCCn1cc[n+](CO)c1.F[P-](F)(F)(F)(F)F. The van der Waals surface area contributed by atoms with Gasteiger partial charge < -0.3 is 5.11 Å². The quantitative estimate of drug-likeness (QED) is 0.285. The van der Waals surface area contributed by atoms with Crippen LogP contribution in [0, 0.1) is 0 Å². The first-order valence-corrected chi connectivity index (χ1v) is 9.06. The van der Waals surface area contributed by atoms with Crippen LogP contribution in [0.5, 0.6) is 0 Å². The Labute approximate surface area is 125 Å². The monoisotopic (exact) mass is 356 g/mol. The van der Waals surface area contributed by atoms with E-state index in [0.717, 1.165) is 6.54 Å². The van der Waals surface area contributed by atoms with Gasteiger partial charge in [0.05, 0.1) is 6.54 Å². The van der Waals surface area contributed by atoms with E-state index in [9.17, 15) is 25.2 Å². The van der Waals surface area contributed by atoms with Gasteiger partial charge in [-0.15, -0.1) is 0 Å². The molecule has 0 aliphatic carbocycles. The molecule has 134 valence electrons. The van der Waals surface area contributed by atoms with Crippen molar-refractivity contribution in [3.63, 3.8) is 0 Å². The third kappa shape index (κ3) is 19.2. The topological polar surface area (TPSA) is 29.0 Å². The number of aryl methyl sites for hydroxylation is 1. The van der Waals surface area contributed by atoms with Gasteiger partial charge in [-0.1, -0.05) is 32.6 Å². The van der Waals surface area contributed by atoms with Crippen LogP contribution < -0.4 is 4.57 Å². The number of unbranched alkanes of at least 4 members (excludes halogenated alkanes) is 5. The van der Waals surface area contributed by atoms with Crippen molar-refractivity contribution < 1.29 is 34.9 Å². The maximum atomic E-state index is 9.87. The Morgan fingerprint density at radius 2 is 1.45 bits per heavy atom. The molecule has 0 unspecified atom stereocenters. The number of rotatable bonds is 8. The van der Waals surface area contributed by atoms with Gasteiger partial charge >= 0.3 is 33.0 Å². The molecule has 1 N–H and O–H groups in total. The summed E-state index contributed by atoms with van der Waals surface area (Å²) in [6.07, 6.45) is 13.8. The van der Waals surface area contributed by atoms with E-state index < -0.39 is 7.81 Å². The number of aliphatic hydroxyl groups is 1. The molecule has 0 aliphatic heterocycles. The zero-order valence-corrected chi connectivity index (χ0v) is 13.3. The summed E-state index contributed by atoms with van der Waals surface area (Å²) in [5.74, 6) is 0. The average Bonchev–Trinajstić information content (AvgIpc) is 2.77. The molecule has 10 heteroatoms. The van der Waals surface area contributed by atoms with Crippen molar-refractivity contribution >= 4 is 7.81 Å². The predicted octanol–water partition coefficient (Wildman–Crippen LogP) is 5.47. The van der Waals surface area contributed by atoms with Gasteiger partial charge in [0, 0.05) is 0 Å². The van der Waals surface area contributed by atoms with E-state index in [1.165, 1.54) is 38.5 Å². The standard InChI is InChI=1S/C12H23N2O.F6P/c1-2-3-4-5-6-7-8-13-9-10-14(11-13)12-15;1-7(2,3,4,5)6/h9-11,15H,2-8,12H2,1H3;/q+1;-1. The summed E-state index contributed by atoms with van der Waals surface area (Å²) >= 11 is 0. The van der Waals surface area contributed by atoms with Crippen LogP contribution in [0.2, 0.25) is 0 Å². The number of aromatic nitrogens is 2. The van der Waals surface area contributed by atoms with Crippen molar-refractivity contribution in [2.24, 2.45) is 0 Å². The van der Waals surface area contributed by atoms with Crippen molar-refractivity contribution in [3.05, 3.63) is 18.7 Å². The second kappa shape index (κ2) is 7.64. The fourth-order valence-electron chi connectivity index (χ4n) is 1.73. The van der Waals surface area contributed by atoms with Crippen LogP contribution in [-0.2, 0) is 13.3 Å². The Balaban J connectivity index is 0.000000534. The fraction of sp³-hybridized carbons (Fsp3) is 0.750. The van der Waals surface area contributed by atoms with E-state index >= 15 is 0 Å². The normalized spacial score (nSPS) is 14.7. The number of nitrogens with zero attached hydrogens (tertiary/aromatic N) is 2. The zero-order chi connectivity index (χ0) is 17.3. The van der Waals surface area contributed by atoms with Crippen molar-refractivity contribution in [1.82, 2.24) is 4.57 Å². The average molecular weight is 356 g/mol. The fourth-order valence-corrected chi connectivity index (χ4v) is 1.73. The van der Waals surface area contributed by atoms with Crippen LogP contribution >= 0.6 is 7.81 Å². The molecule has 0 fully saturated rings. The molecule has 0 bridgehead atoms. The molecule has 0 spiro atoms. The van der Waals surface area contributed by atoms with Crippen LogP contribution in [0.3, 0.4) is 0 Å². The first-order valence-electron chi connectivity index (χ1n) is 7.04. The van der Waals surface area contributed by atoms with E-state index in [1.54, 1.807) is 4.57 Å². The van der Waals surface area contributed by atoms with Crippen LogP contribution in [0.4, 0.5) is 25.2 Å². The van der Waals surface area contributed by atoms with Crippen molar-refractivity contribution in [2.75, 3.05) is 0 Å². The molecule has 22 heavy (non-hydrogen) atoms. The van der Waals surface area contributed by atoms with Crippen LogP contribution in [0.25, 0.3) is 0 Å². The second-order valence-corrected chi connectivity index (χ2v) is 6.95. The Kier molecular flexibility index (Phi) is 7.35. The van der Waals surface area contributed by atoms with Gasteiger partial charge in [-0.2, -0.15) is 0 Å². The molecule has 0 radical (unpaired) electrons. The molecule has 0 aliphatic rings. The zero-order valence-electron chi connectivity index (χ0n) is 12.4. The van der Waals surface area contributed by atoms with Crippen LogP contribution in [0.1, 0.15) is 45.4 Å². The Bertz CT molecular complexity index is 420. The molecule has 0 amide bonds. The molecule has 0 saturated heterocycles. The molecule has 0 aromatic carbocycles. The Hall–Kier alpha value is -0.820. The number of halogens is 6. The van der Waals surface area contributed by atoms with E-state index in [-0.39, 0.29) is 6.73 Å². The summed E-state index contributed by atoms with van der Waals surface area (Å²) in [5, 5.41) is 8.87. The molecule has 1 aromatic rings. The van der Waals surface area contributed by atoms with E-state index in [0.29, 0.717) is 0 Å². The summed E-state index contributed by atoms with van der Waals surface area (Å²) in [5.41, 5.74) is 0. The van der Waals surface area contributed by atoms with Crippen molar-refractivity contribution in [1.29, 1.82) is 0 Å². The molecule has 0 saturated carbocycles. The summed E-state index contributed by atoms with van der Waals surface area (Å²) in [4.78, 5) is 0. The summed E-state index contributed by atoms with van der Waals surface area (Å²) in [6.45, 7) is 3.39. The van der Waals surface area contributed by atoms with E-state index in [4.69, 9.17) is 5.11 Å². The molecule has 1 rings (SSSR count). The van der Waals surface area contributed by atoms with Crippen LogP contribution in [0.15, 0.2) is 18.7 Å². The predicted molar refractivity (Wildman–Crippen MR) is 73.8 cm³/mol. The number of hydrogen-bond donors (Lipinski definition) is 1. The molecule has 1 heterocycles.